The summed E-state index contributed by atoms with van der Waals surface area (Å²) in [5.74, 6) is 0.686. The Morgan fingerprint density at radius 2 is 2.30 bits per heavy atom. The van der Waals surface area contributed by atoms with E-state index in [0.717, 1.165) is 39.4 Å². The molecule has 2 fully saturated rings. The molecule has 0 unspecified atom stereocenters. The molecule has 2 aliphatic heterocycles. The Balaban J connectivity index is 0.000001000. The van der Waals surface area contributed by atoms with Crippen molar-refractivity contribution in [3.05, 3.63) is 30.1 Å². The predicted octanol–water partition coefficient (Wildman–Crippen LogP) is 1.74. The zero-order valence-electron chi connectivity index (χ0n) is 11.5. The number of rotatable bonds is 2. The summed E-state index contributed by atoms with van der Waals surface area (Å²) in [4.78, 5) is 6.76. The molecule has 2 atom stereocenters. The highest BCUT2D eigenvalue weighted by Gasteiger charge is 2.32. The van der Waals surface area contributed by atoms with E-state index < -0.39 is 0 Å². The molecule has 1 N–H and O–H groups in total. The highest BCUT2D eigenvalue weighted by Crippen LogP contribution is 2.22. The normalized spacial score (nSPS) is 26.6. The number of ether oxygens (including phenoxy) is 1. The summed E-state index contributed by atoms with van der Waals surface area (Å²) < 4.78 is 5.75. The monoisotopic (exact) mass is 319 g/mol. The van der Waals surface area contributed by atoms with Crippen LogP contribution in [0.25, 0.3) is 0 Å². The van der Waals surface area contributed by atoms with Crippen molar-refractivity contribution in [3.8, 4) is 0 Å². The van der Waals surface area contributed by atoms with Crippen molar-refractivity contribution in [2.75, 3.05) is 32.8 Å². The van der Waals surface area contributed by atoms with Gasteiger partial charge in [0.05, 0.1) is 13.2 Å². The maximum atomic E-state index is 5.75. The Morgan fingerprint density at radius 3 is 3.10 bits per heavy atom. The standard InChI is InChI=1S/C14H21N3O.2ClH/c1-2-12(8-15-4-1)10-17-6-7-18-11-13-3-5-16-9-14(13)17;;/h1-2,4,8,13-14,16H,3,5-7,9-11H2;2*1H/t13-,14-;;/m1../s1. The molecule has 3 heterocycles. The first kappa shape index (κ1) is 17.7. The summed E-state index contributed by atoms with van der Waals surface area (Å²) in [5.41, 5.74) is 1.30. The second kappa shape index (κ2) is 8.80. The Kier molecular flexibility index (Phi) is 7.77. The van der Waals surface area contributed by atoms with E-state index in [1.807, 2.05) is 18.5 Å². The number of piperidine rings is 1. The van der Waals surface area contributed by atoms with E-state index in [9.17, 15) is 0 Å². The molecule has 0 saturated carbocycles. The lowest BCUT2D eigenvalue weighted by Gasteiger charge is -2.37. The summed E-state index contributed by atoms with van der Waals surface area (Å²) in [7, 11) is 0. The Hall–Kier alpha value is -0.390. The third kappa shape index (κ3) is 4.30. The molecule has 0 bridgehead atoms. The van der Waals surface area contributed by atoms with Crippen LogP contribution in [0.3, 0.4) is 0 Å². The molecule has 0 aliphatic carbocycles. The zero-order valence-corrected chi connectivity index (χ0v) is 13.2. The van der Waals surface area contributed by atoms with E-state index in [-0.39, 0.29) is 24.8 Å². The van der Waals surface area contributed by atoms with Gasteiger partial charge in [-0.25, -0.2) is 0 Å². The smallest absolute Gasteiger partial charge is 0.0593 e. The van der Waals surface area contributed by atoms with E-state index in [1.54, 1.807) is 0 Å². The quantitative estimate of drug-likeness (QED) is 0.901. The van der Waals surface area contributed by atoms with Crippen LogP contribution in [-0.4, -0.2) is 48.8 Å². The van der Waals surface area contributed by atoms with Gasteiger partial charge in [0.25, 0.3) is 0 Å². The topological polar surface area (TPSA) is 37.4 Å². The molecule has 3 rings (SSSR count). The average molecular weight is 320 g/mol. The van der Waals surface area contributed by atoms with Crippen LogP contribution in [-0.2, 0) is 11.3 Å². The fourth-order valence-corrected chi connectivity index (χ4v) is 3.02. The van der Waals surface area contributed by atoms with E-state index in [2.05, 4.69) is 21.3 Å². The van der Waals surface area contributed by atoms with Crippen molar-refractivity contribution in [1.82, 2.24) is 15.2 Å². The molecule has 20 heavy (non-hydrogen) atoms. The van der Waals surface area contributed by atoms with Gasteiger partial charge in [0.1, 0.15) is 0 Å². The maximum Gasteiger partial charge on any atom is 0.0593 e. The number of nitrogens with one attached hydrogen (secondary N) is 1. The van der Waals surface area contributed by atoms with Crippen molar-refractivity contribution in [2.24, 2.45) is 5.92 Å². The zero-order chi connectivity index (χ0) is 12.2. The van der Waals surface area contributed by atoms with Crippen molar-refractivity contribution in [2.45, 2.75) is 19.0 Å². The van der Waals surface area contributed by atoms with Crippen LogP contribution in [0.4, 0.5) is 0 Å². The van der Waals surface area contributed by atoms with Crippen LogP contribution in [0.1, 0.15) is 12.0 Å². The highest BCUT2D eigenvalue weighted by molar-refractivity contribution is 5.85. The highest BCUT2D eigenvalue weighted by atomic mass is 35.5. The summed E-state index contributed by atoms with van der Waals surface area (Å²) >= 11 is 0. The molecule has 0 amide bonds. The minimum atomic E-state index is 0. The van der Waals surface area contributed by atoms with Gasteiger partial charge >= 0.3 is 0 Å². The number of fused-ring (bicyclic) bond motifs is 1. The number of nitrogens with zero attached hydrogens (tertiary/aromatic N) is 2. The average Bonchev–Trinajstić information content (AvgIpc) is 2.63. The fraction of sp³-hybridized carbons (Fsp3) is 0.643. The van der Waals surface area contributed by atoms with Gasteiger partial charge in [-0.15, -0.1) is 24.8 Å². The largest absolute Gasteiger partial charge is 0.380 e. The summed E-state index contributed by atoms with van der Waals surface area (Å²) in [6.45, 7) is 6.01. The van der Waals surface area contributed by atoms with Gasteiger partial charge in [-0.3, -0.25) is 9.88 Å². The van der Waals surface area contributed by atoms with Gasteiger partial charge in [-0.2, -0.15) is 0 Å². The van der Waals surface area contributed by atoms with Gasteiger partial charge in [0, 0.05) is 44.0 Å². The lowest BCUT2D eigenvalue weighted by molar-refractivity contribution is 0.0991. The molecule has 1 aromatic rings. The van der Waals surface area contributed by atoms with Crippen LogP contribution in [0.15, 0.2) is 24.5 Å². The fourth-order valence-electron chi connectivity index (χ4n) is 3.02. The van der Waals surface area contributed by atoms with Crippen LogP contribution in [0, 0.1) is 5.92 Å². The number of hydrogen-bond donors (Lipinski definition) is 1. The van der Waals surface area contributed by atoms with Crippen molar-refractivity contribution in [3.63, 3.8) is 0 Å². The lowest BCUT2D eigenvalue weighted by atomic mass is 9.92. The number of pyridine rings is 1. The van der Waals surface area contributed by atoms with Gasteiger partial charge < -0.3 is 10.1 Å². The molecule has 0 aromatic carbocycles. The third-order valence-electron chi connectivity index (χ3n) is 4.02. The summed E-state index contributed by atoms with van der Waals surface area (Å²) in [6.07, 6.45) is 5.03. The van der Waals surface area contributed by atoms with Crippen molar-refractivity contribution < 1.29 is 4.74 Å². The second-order valence-corrected chi connectivity index (χ2v) is 5.23. The SMILES string of the molecule is Cl.Cl.c1cncc(CN2CCOC[C@H]3CCNC[C@H]32)c1. The first-order valence-electron chi connectivity index (χ1n) is 6.85. The van der Waals surface area contributed by atoms with Gasteiger partial charge in [0.15, 0.2) is 0 Å². The summed E-state index contributed by atoms with van der Waals surface area (Å²) in [6, 6.07) is 4.78. The molecule has 0 radical (unpaired) electrons. The van der Waals surface area contributed by atoms with E-state index >= 15 is 0 Å². The molecule has 114 valence electrons. The van der Waals surface area contributed by atoms with Gasteiger partial charge in [-0.05, 0) is 24.6 Å². The predicted molar refractivity (Wildman–Crippen MR) is 84.7 cm³/mol. The van der Waals surface area contributed by atoms with Crippen LogP contribution in [0.2, 0.25) is 0 Å². The Bertz CT molecular complexity index is 380. The molecule has 2 aliphatic rings. The van der Waals surface area contributed by atoms with Crippen molar-refractivity contribution >= 4 is 24.8 Å². The minimum absolute atomic E-state index is 0. The Labute approximate surface area is 133 Å². The number of hydrogen-bond acceptors (Lipinski definition) is 4. The number of aromatic nitrogens is 1. The first-order chi connectivity index (χ1) is 8.93. The van der Waals surface area contributed by atoms with Crippen molar-refractivity contribution in [1.29, 1.82) is 0 Å². The molecule has 6 heteroatoms. The van der Waals surface area contributed by atoms with E-state index in [0.29, 0.717) is 12.0 Å². The molecular formula is C14H23Cl2N3O. The molecule has 0 spiro atoms. The van der Waals surface area contributed by atoms with Crippen LogP contribution < -0.4 is 5.32 Å². The first-order valence-corrected chi connectivity index (χ1v) is 6.85. The van der Waals surface area contributed by atoms with E-state index in [4.69, 9.17) is 4.74 Å². The van der Waals surface area contributed by atoms with Crippen LogP contribution >= 0.6 is 24.8 Å². The third-order valence-corrected chi connectivity index (χ3v) is 4.02. The van der Waals surface area contributed by atoms with Gasteiger partial charge in [-0.1, -0.05) is 6.07 Å². The van der Waals surface area contributed by atoms with Gasteiger partial charge in [0.2, 0.25) is 0 Å². The summed E-state index contributed by atoms with van der Waals surface area (Å²) in [5, 5.41) is 3.51. The molecule has 1 aromatic heterocycles. The molecule has 4 nitrogen and oxygen atoms in total. The van der Waals surface area contributed by atoms with E-state index in [1.165, 1.54) is 12.0 Å². The number of halogens is 2. The second-order valence-electron chi connectivity index (χ2n) is 5.23. The minimum Gasteiger partial charge on any atom is -0.380 e. The molecular weight excluding hydrogens is 297 g/mol. The Morgan fingerprint density at radius 1 is 1.40 bits per heavy atom. The van der Waals surface area contributed by atoms with Crippen LogP contribution in [0.5, 0.6) is 0 Å². The maximum absolute atomic E-state index is 5.75. The lowest BCUT2D eigenvalue weighted by Crippen LogP contribution is -2.51. The molecule has 2 saturated heterocycles.